The molecule has 0 amide bonds. The molecule has 0 saturated heterocycles. The van der Waals surface area contributed by atoms with Gasteiger partial charge in [0.15, 0.2) is 0 Å². The maximum Gasteiger partial charge on any atom is 0.384 e. The van der Waals surface area contributed by atoms with Crippen LogP contribution in [-0.4, -0.2) is 17.1 Å². The first kappa shape index (κ1) is 17.4. The molecule has 0 aliphatic heterocycles. The number of hydrogen-bond donors (Lipinski definition) is 2. The zero-order valence-electron chi connectivity index (χ0n) is 14.0. The third kappa shape index (κ3) is 5.62. The Kier molecular flexibility index (Phi) is 5.03. The highest BCUT2D eigenvalue weighted by atomic mass is 28.5. The van der Waals surface area contributed by atoms with Gasteiger partial charge in [0.2, 0.25) is 0 Å². The Hall–Kier alpha value is -1.97. The first-order valence-corrected chi connectivity index (χ1v) is 13.1. The summed E-state index contributed by atoms with van der Waals surface area (Å²) in [6.07, 6.45) is 0. The summed E-state index contributed by atoms with van der Waals surface area (Å²) in [5.41, 5.74) is 12.9. The fraction of sp³-hybridized carbons (Fsp3) is 0.250. The van der Waals surface area contributed by atoms with E-state index in [1.807, 2.05) is 62.6 Å². The second-order valence-corrected chi connectivity index (χ2v) is 13.1. The highest BCUT2D eigenvalue weighted by Crippen LogP contribution is 2.25. The van der Waals surface area contributed by atoms with Crippen LogP contribution in [0, 0.1) is 0 Å². The predicted molar refractivity (Wildman–Crippen MR) is 99.0 cm³/mol. The third-order valence-electron chi connectivity index (χ3n) is 2.94. The van der Waals surface area contributed by atoms with E-state index in [1.54, 1.807) is 12.1 Å². The molecule has 0 bridgehead atoms. The summed E-state index contributed by atoms with van der Waals surface area (Å²) in [4.78, 5) is 0. The minimum absolute atomic E-state index is 0.666. The van der Waals surface area contributed by atoms with E-state index in [-0.39, 0.29) is 0 Å². The minimum Gasteiger partial charge on any atom is -0.521 e. The summed E-state index contributed by atoms with van der Waals surface area (Å²) in [5.74, 6) is 1.44. The molecule has 0 spiro atoms. The van der Waals surface area contributed by atoms with Crippen molar-refractivity contribution in [3.05, 3.63) is 48.5 Å². The molecule has 7 heteroatoms. The van der Waals surface area contributed by atoms with Crippen LogP contribution in [0.25, 0.3) is 0 Å². The maximum atomic E-state index is 6.26. The Morgan fingerprint density at radius 2 is 1.09 bits per heavy atom. The number of rotatable bonds is 6. The van der Waals surface area contributed by atoms with Crippen LogP contribution in [0.2, 0.25) is 26.2 Å². The molecule has 0 atom stereocenters. The number of nitrogen functional groups attached to an aromatic ring is 2. The van der Waals surface area contributed by atoms with Crippen molar-refractivity contribution >= 4 is 28.5 Å². The smallest absolute Gasteiger partial charge is 0.384 e. The van der Waals surface area contributed by atoms with E-state index in [4.69, 9.17) is 24.4 Å². The molecule has 23 heavy (non-hydrogen) atoms. The van der Waals surface area contributed by atoms with E-state index in [9.17, 15) is 0 Å². The highest BCUT2D eigenvalue weighted by Gasteiger charge is 2.39. The highest BCUT2D eigenvalue weighted by molar-refractivity contribution is 6.79. The van der Waals surface area contributed by atoms with E-state index in [0.717, 1.165) is 11.5 Å². The van der Waals surface area contributed by atoms with Gasteiger partial charge in [0.1, 0.15) is 11.5 Å². The van der Waals surface area contributed by atoms with E-state index >= 15 is 0 Å². The van der Waals surface area contributed by atoms with Crippen molar-refractivity contribution in [2.45, 2.75) is 26.2 Å². The Morgan fingerprint density at radius 3 is 1.43 bits per heavy atom. The second-order valence-electron chi connectivity index (χ2n) is 6.25. The van der Waals surface area contributed by atoms with Gasteiger partial charge in [-0.15, -0.1) is 0 Å². The fourth-order valence-electron chi connectivity index (χ4n) is 2.36. The largest absolute Gasteiger partial charge is 0.521 e. The molecular formula is C16H24N2O3Si2. The molecule has 0 radical (unpaired) electrons. The normalized spacial score (nSPS) is 12.0. The molecule has 0 unspecified atom stereocenters. The second kappa shape index (κ2) is 6.65. The molecule has 0 saturated carbocycles. The molecule has 0 fully saturated rings. The van der Waals surface area contributed by atoms with E-state index in [1.165, 1.54) is 0 Å². The van der Waals surface area contributed by atoms with E-state index in [0.29, 0.717) is 11.4 Å². The molecule has 0 aliphatic rings. The average molecular weight is 349 g/mol. The van der Waals surface area contributed by atoms with Crippen molar-refractivity contribution in [2.24, 2.45) is 0 Å². The monoisotopic (exact) mass is 348 g/mol. The minimum atomic E-state index is -2.42. The molecular weight excluding hydrogens is 324 g/mol. The molecule has 0 aliphatic carbocycles. The first-order valence-electron chi connectivity index (χ1n) is 7.44. The van der Waals surface area contributed by atoms with E-state index in [2.05, 4.69) is 0 Å². The van der Waals surface area contributed by atoms with Crippen molar-refractivity contribution in [1.29, 1.82) is 0 Å². The zero-order valence-corrected chi connectivity index (χ0v) is 16.0. The molecule has 4 N–H and O–H groups in total. The van der Waals surface area contributed by atoms with Gasteiger partial charge in [-0.3, -0.25) is 0 Å². The lowest BCUT2D eigenvalue weighted by Crippen LogP contribution is -2.52. The Morgan fingerprint density at radius 1 is 0.696 bits per heavy atom. The number of benzene rings is 2. The van der Waals surface area contributed by atoms with Gasteiger partial charge in [-0.1, -0.05) is 12.1 Å². The standard InChI is InChI=1S/C16H24N2O3Si2/c1-22(2,19-15-9-5-7-13(17)11-15)21-23(3,4)20-16-10-6-8-14(18)12-16/h5-12H,17-18H2,1-4H3. The molecule has 0 aromatic heterocycles. The van der Waals surface area contributed by atoms with Gasteiger partial charge in [-0.2, -0.15) is 0 Å². The summed E-state index contributed by atoms with van der Waals surface area (Å²) in [7, 11) is -4.84. The van der Waals surface area contributed by atoms with Gasteiger partial charge in [0.25, 0.3) is 0 Å². The lowest BCUT2D eigenvalue weighted by Gasteiger charge is -2.33. The van der Waals surface area contributed by atoms with Crippen molar-refractivity contribution in [1.82, 2.24) is 0 Å². The Bertz CT molecular complexity index is 620. The lowest BCUT2D eigenvalue weighted by molar-refractivity contribution is 0.334. The predicted octanol–water partition coefficient (Wildman–Crippen LogP) is 3.73. The molecule has 5 nitrogen and oxygen atoms in total. The maximum absolute atomic E-state index is 6.26. The lowest BCUT2D eigenvalue weighted by atomic mass is 10.3. The molecule has 124 valence electrons. The van der Waals surface area contributed by atoms with Crippen LogP contribution in [0.15, 0.2) is 48.5 Å². The molecule has 2 aromatic carbocycles. The van der Waals surface area contributed by atoms with Crippen LogP contribution in [0.5, 0.6) is 11.5 Å². The van der Waals surface area contributed by atoms with Gasteiger partial charge in [0, 0.05) is 23.5 Å². The summed E-state index contributed by atoms with van der Waals surface area (Å²) < 4.78 is 18.4. The number of anilines is 2. The summed E-state index contributed by atoms with van der Waals surface area (Å²) in [6, 6.07) is 14.7. The van der Waals surface area contributed by atoms with Crippen LogP contribution in [0.4, 0.5) is 11.4 Å². The van der Waals surface area contributed by atoms with Gasteiger partial charge < -0.3 is 24.4 Å². The van der Waals surface area contributed by atoms with Crippen molar-refractivity contribution in [3.8, 4) is 11.5 Å². The van der Waals surface area contributed by atoms with Crippen LogP contribution < -0.4 is 20.3 Å². The van der Waals surface area contributed by atoms with Crippen molar-refractivity contribution in [2.75, 3.05) is 11.5 Å². The number of nitrogens with two attached hydrogens (primary N) is 2. The molecule has 2 rings (SSSR count). The third-order valence-corrected chi connectivity index (χ3v) is 8.32. The molecule has 0 heterocycles. The Balaban J connectivity index is 2.05. The average Bonchev–Trinajstić information content (AvgIpc) is 2.35. The van der Waals surface area contributed by atoms with E-state index < -0.39 is 17.1 Å². The summed E-state index contributed by atoms with van der Waals surface area (Å²) in [6.45, 7) is 7.97. The summed E-state index contributed by atoms with van der Waals surface area (Å²) >= 11 is 0. The van der Waals surface area contributed by atoms with Gasteiger partial charge in [-0.25, -0.2) is 0 Å². The quantitative estimate of drug-likeness (QED) is 0.614. The molecule has 2 aromatic rings. The van der Waals surface area contributed by atoms with Gasteiger partial charge >= 0.3 is 17.1 Å². The SMILES string of the molecule is C[Si](C)(Oc1cccc(N)c1)O[Si](C)(C)Oc1cccc(N)c1. The van der Waals surface area contributed by atoms with Crippen LogP contribution >= 0.6 is 0 Å². The van der Waals surface area contributed by atoms with Crippen molar-refractivity contribution < 1.29 is 13.0 Å². The van der Waals surface area contributed by atoms with Crippen molar-refractivity contribution in [3.63, 3.8) is 0 Å². The topological polar surface area (TPSA) is 79.7 Å². The first-order chi connectivity index (χ1) is 10.7. The van der Waals surface area contributed by atoms with Crippen LogP contribution in [-0.2, 0) is 4.12 Å². The van der Waals surface area contributed by atoms with Gasteiger partial charge in [0.05, 0.1) is 0 Å². The zero-order chi connectivity index (χ0) is 17.1. The number of hydrogen-bond acceptors (Lipinski definition) is 5. The summed E-state index contributed by atoms with van der Waals surface area (Å²) in [5, 5.41) is 0. The van der Waals surface area contributed by atoms with Gasteiger partial charge in [-0.05, 0) is 50.5 Å². The van der Waals surface area contributed by atoms with Crippen LogP contribution in [0.1, 0.15) is 0 Å². The van der Waals surface area contributed by atoms with Crippen LogP contribution in [0.3, 0.4) is 0 Å². The fourth-order valence-corrected chi connectivity index (χ4v) is 8.82. The Labute approximate surface area is 139 Å².